The molecule has 0 atom stereocenters. The van der Waals surface area contributed by atoms with Gasteiger partial charge in [-0.25, -0.2) is 0 Å². The van der Waals surface area contributed by atoms with Crippen molar-refractivity contribution in [3.05, 3.63) is 17.7 Å². The predicted molar refractivity (Wildman–Crippen MR) is 67.8 cm³/mol. The Morgan fingerprint density at radius 3 is 2.33 bits per heavy atom. The van der Waals surface area contributed by atoms with Crippen molar-refractivity contribution < 1.29 is 19.0 Å². The maximum absolute atomic E-state index is 10.9. The van der Waals surface area contributed by atoms with Crippen LogP contribution in [0.5, 0.6) is 17.2 Å². The Labute approximate surface area is 107 Å². The Morgan fingerprint density at radius 2 is 1.78 bits per heavy atom. The van der Waals surface area contributed by atoms with E-state index in [1.165, 1.54) is 12.8 Å². The molecule has 1 fully saturated rings. The fraction of sp³-hybridized carbons (Fsp3) is 0.500. The first-order chi connectivity index (χ1) is 8.78. The van der Waals surface area contributed by atoms with Crippen LogP contribution in [0.4, 0.5) is 0 Å². The Balaban J connectivity index is 2.32. The average molecular weight is 250 g/mol. The fourth-order valence-electron chi connectivity index (χ4n) is 2.29. The van der Waals surface area contributed by atoms with Gasteiger partial charge in [-0.05, 0) is 37.8 Å². The van der Waals surface area contributed by atoms with Crippen LogP contribution in [-0.4, -0.2) is 26.6 Å². The fourth-order valence-corrected chi connectivity index (χ4v) is 2.29. The van der Waals surface area contributed by atoms with Gasteiger partial charge in [0.25, 0.3) is 0 Å². The number of carbonyl (C=O) groups is 1. The maximum Gasteiger partial charge on any atom is 0.203 e. The molecule has 0 aromatic heterocycles. The molecule has 2 rings (SSSR count). The van der Waals surface area contributed by atoms with Crippen LogP contribution in [0.2, 0.25) is 0 Å². The lowest BCUT2D eigenvalue weighted by molar-refractivity contribution is 0.112. The molecule has 1 aromatic carbocycles. The quantitative estimate of drug-likeness (QED) is 0.754. The molecule has 0 unspecified atom stereocenters. The number of methoxy groups -OCH3 is 2. The first-order valence-corrected chi connectivity index (χ1v) is 6.16. The largest absolute Gasteiger partial charge is 0.493 e. The molecular formula is C14H18O4. The SMILES string of the molecule is COc1cc(C=O)cc(OC2CCCC2)c1OC. The first kappa shape index (κ1) is 12.7. The lowest BCUT2D eigenvalue weighted by Gasteiger charge is -2.18. The van der Waals surface area contributed by atoms with Gasteiger partial charge in [0.2, 0.25) is 5.75 Å². The van der Waals surface area contributed by atoms with Crippen molar-refractivity contribution in [2.75, 3.05) is 14.2 Å². The molecule has 0 heterocycles. The number of aldehydes is 1. The second-order valence-electron chi connectivity index (χ2n) is 4.40. The number of hydrogen-bond acceptors (Lipinski definition) is 4. The standard InChI is InChI=1S/C14H18O4/c1-16-12-7-10(9-15)8-13(14(12)17-2)18-11-5-3-4-6-11/h7-9,11H,3-6H2,1-2H3. The molecule has 0 radical (unpaired) electrons. The van der Waals surface area contributed by atoms with Crippen LogP contribution in [0, 0.1) is 0 Å². The van der Waals surface area contributed by atoms with Crippen molar-refractivity contribution in [1.82, 2.24) is 0 Å². The van der Waals surface area contributed by atoms with Crippen molar-refractivity contribution in [3.8, 4) is 17.2 Å². The Bertz CT molecular complexity index is 422. The van der Waals surface area contributed by atoms with Crippen LogP contribution >= 0.6 is 0 Å². The summed E-state index contributed by atoms with van der Waals surface area (Å²) >= 11 is 0. The molecule has 1 aliphatic rings. The van der Waals surface area contributed by atoms with Crippen LogP contribution in [0.1, 0.15) is 36.0 Å². The van der Waals surface area contributed by atoms with Crippen molar-refractivity contribution in [2.24, 2.45) is 0 Å². The molecule has 18 heavy (non-hydrogen) atoms. The average Bonchev–Trinajstić information content (AvgIpc) is 2.90. The van der Waals surface area contributed by atoms with E-state index in [0.29, 0.717) is 22.8 Å². The first-order valence-electron chi connectivity index (χ1n) is 6.16. The van der Waals surface area contributed by atoms with Crippen LogP contribution in [0.3, 0.4) is 0 Å². The molecule has 0 N–H and O–H groups in total. The van der Waals surface area contributed by atoms with Crippen LogP contribution < -0.4 is 14.2 Å². The molecule has 1 saturated carbocycles. The van der Waals surface area contributed by atoms with Gasteiger partial charge in [-0.15, -0.1) is 0 Å². The van der Waals surface area contributed by atoms with E-state index < -0.39 is 0 Å². The molecule has 0 amide bonds. The van der Waals surface area contributed by atoms with Gasteiger partial charge in [-0.3, -0.25) is 4.79 Å². The molecule has 0 spiro atoms. The third-order valence-electron chi connectivity index (χ3n) is 3.20. The van der Waals surface area contributed by atoms with E-state index in [-0.39, 0.29) is 6.10 Å². The summed E-state index contributed by atoms with van der Waals surface area (Å²) < 4.78 is 16.4. The Morgan fingerprint density at radius 1 is 1.11 bits per heavy atom. The van der Waals surface area contributed by atoms with E-state index in [4.69, 9.17) is 14.2 Å². The topological polar surface area (TPSA) is 44.8 Å². The lowest BCUT2D eigenvalue weighted by Crippen LogP contribution is -2.12. The molecule has 0 saturated heterocycles. The molecule has 1 aliphatic carbocycles. The second-order valence-corrected chi connectivity index (χ2v) is 4.40. The monoisotopic (exact) mass is 250 g/mol. The lowest BCUT2D eigenvalue weighted by atomic mass is 10.2. The zero-order valence-electron chi connectivity index (χ0n) is 10.8. The Kier molecular flexibility index (Phi) is 4.07. The second kappa shape index (κ2) is 5.76. The summed E-state index contributed by atoms with van der Waals surface area (Å²) in [5.74, 6) is 1.66. The molecule has 4 heteroatoms. The van der Waals surface area contributed by atoms with Crippen molar-refractivity contribution >= 4 is 6.29 Å². The van der Waals surface area contributed by atoms with Crippen molar-refractivity contribution in [1.29, 1.82) is 0 Å². The summed E-state index contributed by atoms with van der Waals surface area (Å²) in [5, 5.41) is 0. The normalized spacial score (nSPS) is 15.4. The summed E-state index contributed by atoms with van der Waals surface area (Å²) in [6, 6.07) is 3.35. The smallest absolute Gasteiger partial charge is 0.203 e. The highest BCUT2D eigenvalue weighted by molar-refractivity contribution is 5.78. The van der Waals surface area contributed by atoms with Gasteiger partial charge in [0.15, 0.2) is 11.5 Å². The minimum Gasteiger partial charge on any atom is -0.493 e. The van der Waals surface area contributed by atoms with Crippen LogP contribution in [0.15, 0.2) is 12.1 Å². The number of rotatable bonds is 5. The van der Waals surface area contributed by atoms with Crippen molar-refractivity contribution in [3.63, 3.8) is 0 Å². The predicted octanol–water partition coefficient (Wildman–Crippen LogP) is 2.84. The van der Waals surface area contributed by atoms with Gasteiger partial charge in [-0.1, -0.05) is 0 Å². The van der Waals surface area contributed by atoms with Gasteiger partial charge >= 0.3 is 0 Å². The third kappa shape index (κ3) is 2.58. The Hall–Kier alpha value is -1.71. The van der Waals surface area contributed by atoms with Gasteiger partial charge in [0, 0.05) is 5.56 Å². The van der Waals surface area contributed by atoms with Gasteiger partial charge < -0.3 is 14.2 Å². The molecular weight excluding hydrogens is 232 g/mol. The highest BCUT2D eigenvalue weighted by atomic mass is 16.5. The summed E-state index contributed by atoms with van der Waals surface area (Å²) in [6.07, 6.45) is 5.48. The van der Waals surface area contributed by atoms with E-state index in [1.54, 1.807) is 26.4 Å². The highest BCUT2D eigenvalue weighted by Gasteiger charge is 2.20. The van der Waals surface area contributed by atoms with E-state index >= 15 is 0 Å². The summed E-state index contributed by atoms with van der Waals surface area (Å²) in [7, 11) is 3.12. The molecule has 0 aliphatic heterocycles. The van der Waals surface area contributed by atoms with Crippen molar-refractivity contribution in [2.45, 2.75) is 31.8 Å². The minimum atomic E-state index is 0.213. The zero-order chi connectivity index (χ0) is 13.0. The number of benzene rings is 1. The number of ether oxygens (including phenoxy) is 3. The van der Waals surface area contributed by atoms with Gasteiger partial charge in [0.1, 0.15) is 6.29 Å². The summed E-state index contributed by atoms with van der Waals surface area (Å²) in [6.45, 7) is 0. The molecule has 4 nitrogen and oxygen atoms in total. The zero-order valence-corrected chi connectivity index (χ0v) is 10.8. The highest BCUT2D eigenvalue weighted by Crippen LogP contribution is 2.39. The molecule has 0 bridgehead atoms. The summed E-state index contributed by atoms with van der Waals surface area (Å²) in [5.41, 5.74) is 0.528. The molecule has 98 valence electrons. The van der Waals surface area contributed by atoms with E-state index in [0.717, 1.165) is 19.1 Å². The number of carbonyl (C=O) groups excluding carboxylic acids is 1. The molecule has 1 aromatic rings. The van der Waals surface area contributed by atoms with Gasteiger partial charge in [0.05, 0.1) is 20.3 Å². The maximum atomic E-state index is 10.9. The van der Waals surface area contributed by atoms with E-state index in [9.17, 15) is 4.79 Å². The number of hydrogen-bond donors (Lipinski definition) is 0. The van der Waals surface area contributed by atoms with E-state index in [1.807, 2.05) is 0 Å². The minimum absolute atomic E-state index is 0.213. The van der Waals surface area contributed by atoms with Crippen LogP contribution in [-0.2, 0) is 0 Å². The summed E-state index contributed by atoms with van der Waals surface area (Å²) in [4.78, 5) is 10.9. The van der Waals surface area contributed by atoms with Crippen LogP contribution in [0.25, 0.3) is 0 Å². The van der Waals surface area contributed by atoms with Gasteiger partial charge in [-0.2, -0.15) is 0 Å². The van der Waals surface area contributed by atoms with E-state index in [2.05, 4.69) is 0 Å². The third-order valence-corrected chi connectivity index (χ3v) is 3.20.